The van der Waals surface area contributed by atoms with Gasteiger partial charge in [-0.2, -0.15) is 0 Å². The first-order chi connectivity index (χ1) is 11.2. The highest BCUT2D eigenvalue weighted by Gasteiger charge is 2.19. The van der Waals surface area contributed by atoms with Crippen LogP contribution >= 0.6 is 35.6 Å². The summed E-state index contributed by atoms with van der Waals surface area (Å²) in [5.41, 5.74) is 1.26. The normalized spacial score (nSPS) is 11.5. The molecule has 0 bridgehead atoms. The molecular formula is C18H30ClIN4O. The molecule has 0 aliphatic carbocycles. The van der Waals surface area contributed by atoms with Crippen LogP contribution in [0.25, 0.3) is 0 Å². The van der Waals surface area contributed by atoms with Crippen LogP contribution in [0.4, 0.5) is 0 Å². The Kier molecular flexibility index (Phi) is 11.1. The number of hydrogen-bond acceptors (Lipinski definition) is 2. The first-order valence-electron chi connectivity index (χ1n) is 8.12. The maximum absolute atomic E-state index is 11.6. The van der Waals surface area contributed by atoms with Crippen molar-refractivity contribution in [2.45, 2.75) is 26.7 Å². The van der Waals surface area contributed by atoms with E-state index in [0.29, 0.717) is 18.9 Å². The lowest BCUT2D eigenvalue weighted by Crippen LogP contribution is -2.43. The van der Waals surface area contributed by atoms with Crippen molar-refractivity contribution in [2.24, 2.45) is 10.4 Å². The molecule has 0 saturated carbocycles. The third-order valence-corrected chi connectivity index (χ3v) is 3.89. The molecule has 0 aliphatic rings. The Bertz CT molecular complexity index is 576. The smallest absolute Gasteiger partial charge is 0.223 e. The average molecular weight is 481 g/mol. The van der Waals surface area contributed by atoms with Crippen molar-refractivity contribution in [3.8, 4) is 0 Å². The number of nitrogens with one attached hydrogen (secondary N) is 2. The number of benzene rings is 1. The van der Waals surface area contributed by atoms with Gasteiger partial charge in [0.1, 0.15) is 0 Å². The average Bonchev–Trinajstić information content (AvgIpc) is 2.49. The van der Waals surface area contributed by atoms with Gasteiger partial charge in [-0.15, -0.1) is 24.0 Å². The molecule has 0 spiro atoms. The number of aliphatic imine (C=N–C) groups is 1. The Morgan fingerprint density at radius 2 is 1.96 bits per heavy atom. The van der Waals surface area contributed by atoms with Gasteiger partial charge in [-0.1, -0.05) is 37.6 Å². The third-order valence-electron chi connectivity index (χ3n) is 3.66. The number of halogens is 2. The molecule has 7 heteroatoms. The van der Waals surface area contributed by atoms with E-state index in [-0.39, 0.29) is 35.3 Å². The van der Waals surface area contributed by atoms with Crippen LogP contribution in [0.5, 0.6) is 0 Å². The highest BCUT2D eigenvalue weighted by atomic mass is 127. The highest BCUT2D eigenvalue weighted by molar-refractivity contribution is 14.0. The van der Waals surface area contributed by atoms with Gasteiger partial charge in [0.2, 0.25) is 5.91 Å². The molecule has 5 nitrogen and oxygen atoms in total. The predicted octanol–water partition coefficient (Wildman–Crippen LogP) is 3.17. The number of carbonyl (C=O) groups excluding carboxylic acids is 1. The maximum Gasteiger partial charge on any atom is 0.223 e. The minimum atomic E-state index is 0. The van der Waals surface area contributed by atoms with E-state index in [1.807, 2.05) is 18.2 Å². The molecular weight excluding hydrogens is 451 g/mol. The summed E-state index contributed by atoms with van der Waals surface area (Å²) >= 11 is 6.05. The molecule has 0 atom stereocenters. The van der Waals surface area contributed by atoms with Gasteiger partial charge in [0.25, 0.3) is 0 Å². The summed E-state index contributed by atoms with van der Waals surface area (Å²) in [6.07, 6.45) is 1.36. The SMILES string of the molecule is CN=C(NCCC(=O)N(C)C)NCC(C)(C)Cc1cccc(Cl)c1.I. The fraction of sp³-hybridized carbons (Fsp3) is 0.556. The number of amides is 1. The zero-order chi connectivity index (χ0) is 18.2. The van der Waals surface area contributed by atoms with E-state index in [9.17, 15) is 4.79 Å². The zero-order valence-corrected chi connectivity index (χ0v) is 18.8. The van der Waals surface area contributed by atoms with Crippen molar-refractivity contribution >= 4 is 47.4 Å². The van der Waals surface area contributed by atoms with Crippen LogP contribution < -0.4 is 10.6 Å². The van der Waals surface area contributed by atoms with Gasteiger partial charge in [-0.3, -0.25) is 9.79 Å². The lowest BCUT2D eigenvalue weighted by molar-refractivity contribution is -0.128. The molecule has 1 aromatic carbocycles. The predicted molar refractivity (Wildman–Crippen MR) is 117 cm³/mol. The summed E-state index contributed by atoms with van der Waals surface area (Å²) in [6, 6.07) is 7.96. The van der Waals surface area contributed by atoms with E-state index in [1.165, 1.54) is 5.56 Å². The van der Waals surface area contributed by atoms with Gasteiger partial charge < -0.3 is 15.5 Å². The zero-order valence-electron chi connectivity index (χ0n) is 15.7. The summed E-state index contributed by atoms with van der Waals surface area (Å²) in [5, 5.41) is 7.26. The monoisotopic (exact) mass is 480 g/mol. The fourth-order valence-corrected chi connectivity index (χ4v) is 2.53. The van der Waals surface area contributed by atoms with Crippen LogP contribution in [0.2, 0.25) is 5.02 Å². The number of rotatable bonds is 7. The Morgan fingerprint density at radius 3 is 2.52 bits per heavy atom. The molecule has 2 N–H and O–H groups in total. The van der Waals surface area contributed by atoms with Crippen LogP contribution in [0.1, 0.15) is 25.8 Å². The van der Waals surface area contributed by atoms with Crippen molar-refractivity contribution in [3.63, 3.8) is 0 Å². The first kappa shape index (κ1) is 24.0. The number of nitrogens with zero attached hydrogens (tertiary/aromatic N) is 2. The number of carbonyl (C=O) groups is 1. The second kappa shape index (κ2) is 11.6. The third kappa shape index (κ3) is 9.89. The summed E-state index contributed by atoms with van der Waals surface area (Å²) in [4.78, 5) is 17.4. The van der Waals surface area contributed by atoms with E-state index < -0.39 is 0 Å². The summed E-state index contributed by atoms with van der Waals surface area (Å²) in [6.45, 7) is 5.72. The Balaban J connectivity index is 0.00000576. The molecule has 142 valence electrons. The molecule has 0 saturated heterocycles. The Hall–Kier alpha value is -1.02. The molecule has 25 heavy (non-hydrogen) atoms. The van der Waals surface area contributed by atoms with Gasteiger partial charge in [-0.05, 0) is 29.5 Å². The van der Waals surface area contributed by atoms with Crippen molar-refractivity contribution in [1.29, 1.82) is 0 Å². The lowest BCUT2D eigenvalue weighted by atomic mass is 9.86. The summed E-state index contributed by atoms with van der Waals surface area (Å²) < 4.78 is 0. The molecule has 1 rings (SSSR count). The van der Waals surface area contributed by atoms with Gasteiger partial charge in [0.15, 0.2) is 5.96 Å². The van der Waals surface area contributed by atoms with Gasteiger partial charge in [0, 0.05) is 45.7 Å². The van der Waals surface area contributed by atoms with E-state index in [2.05, 4.69) is 35.5 Å². The first-order valence-corrected chi connectivity index (χ1v) is 8.50. The van der Waals surface area contributed by atoms with Crippen molar-refractivity contribution in [3.05, 3.63) is 34.9 Å². The van der Waals surface area contributed by atoms with E-state index >= 15 is 0 Å². The largest absolute Gasteiger partial charge is 0.356 e. The maximum atomic E-state index is 11.6. The summed E-state index contributed by atoms with van der Waals surface area (Å²) in [5.74, 6) is 0.806. The standard InChI is InChI=1S/C18H29ClN4O.HI/c1-18(2,12-14-7-6-8-15(19)11-14)13-22-17(20-3)21-10-9-16(24)23(4)5;/h6-8,11H,9-10,12-13H2,1-5H3,(H2,20,21,22);1H. The minimum absolute atomic E-state index is 0. The van der Waals surface area contributed by atoms with Crippen molar-refractivity contribution in [2.75, 3.05) is 34.2 Å². The number of guanidine groups is 1. The van der Waals surface area contributed by atoms with Crippen LogP contribution in [-0.4, -0.2) is 51.0 Å². The number of hydrogen-bond donors (Lipinski definition) is 2. The highest BCUT2D eigenvalue weighted by Crippen LogP contribution is 2.22. The van der Waals surface area contributed by atoms with E-state index in [4.69, 9.17) is 11.6 Å². The quantitative estimate of drug-likeness (QED) is 0.358. The molecule has 0 fully saturated rings. The van der Waals surface area contributed by atoms with Crippen molar-refractivity contribution < 1.29 is 4.79 Å². The van der Waals surface area contributed by atoms with Crippen molar-refractivity contribution in [1.82, 2.24) is 15.5 Å². The second-order valence-corrected chi connectivity index (χ2v) is 7.30. The van der Waals surface area contributed by atoms with Crippen LogP contribution in [0.15, 0.2) is 29.3 Å². The molecule has 0 aromatic heterocycles. The van der Waals surface area contributed by atoms with Gasteiger partial charge >= 0.3 is 0 Å². The van der Waals surface area contributed by atoms with E-state index in [1.54, 1.807) is 26.0 Å². The van der Waals surface area contributed by atoms with Gasteiger partial charge in [0.05, 0.1) is 0 Å². The fourth-order valence-electron chi connectivity index (χ4n) is 2.32. The molecule has 0 aliphatic heterocycles. The Morgan fingerprint density at radius 1 is 1.28 bits per heavy atom. The molecule has 1 amide bonds. The lowest BCUT2D eigenvalue weighted by Gasteiger charge is -2.26. The van der Waals surface area contributed by atoms with Crippen LogP contribution in [0, 0.1) is 5.41 Å². The molecule has 0 heterocycles. The summed E-state index contributed by atoms with van der Waals surface area (Å²) in [7, 11) is 5.24. The topological polar surface area (TPSA) is 56.7 Å². The van der Waals surface area contributed by atoms with Gasteiger partial charge in [-0.25, -0.2) is 0 Å². The van der Waals surface area contributed by atoms with Crippen LogP contribution in [0.3, 0.4) is 0 Å². The van der Waals surface area contributed by atoms with Crippen LogP contribution in [-0.2, 0) is 11.2 Å². The minimum Gasteiger partial charge on any atom is -0.356 e. The second-order valence-electron chi connectivity index (χ2n) is 6.86. The molecule has 1 aromatic rings. The van der Waals surface area contributed by atoms with E-state index in [0.717, 1.165) is 18.0 Å². The molecule has 0 radical (unpaired) electrons. The Labute approximate surface area is 173 Å². The molecule has 0 unspecified atom stereocenters.